The van der Waals surface area contributed by atoms with Crippen LogP contribution in [0.2, 0.25) is 0 Å². The van der Waals surface area contributed by atoms with E-state index in [9.17, 15) is 0 Å². The highest BCUT2D eigenvalue weighted by Gasteiger charge is 2.29. The zero-order valence-corrected chi connectivity index (χ0v) is 13.8. The Morgan fingerprint density at radius 1 is 1.43 bits per heavy atom. The summed E-state index contributed by atoms with van der Waals surface area (Å²) in [5, 5.41) is 3.64. The second-order valence-electron chi connectivity index (χ2n) is 5.52. The zero-order valence-electron chi connectivity index (χ0n) is 12.2. The van der Waals surface area contributed by atoms with Gasteiger partial charge in [0.05, 0.1) is 0 Å². The van der Waals surface area contributed by atoms with E-state index in [-0.39, 0.29) is 6.04 Å². The molecule has 0 spiro atoms. The maximum absolute atomic E-state index is 4.68. The monoisotopic (exact) mass is 345 g/mol. The van der Waals surface area contributed by atoms with Crippen molar-refractivity contribution in [2.75, 3.05) is 6.54 Å². The lowest BCUT2D eigenvalue weighted by Gasteiger charge is -2.32. The van der Waals surface area contributed by atoms with E-state index in [0.717, 1.165) is 17.4 Å². The van der Waals surface area contributed by atoms with E-state index < -0.39 is 0 Å². The number of likely N-dealkylation sites (N-methyl/N-ethyl adjacent to an activating group) is 1. The maximum Gasteiger partial charge on any atom is 0.0485 e. The molecule has 21 heavy (non-hydrogen) atoms. The molecule has 2 atom stereocenters. The average Bonchev–Trinajstić information content (AvgIpc) is 2.52. The van der Waals surface area contributed by atoms with E-state index in [1.807, 2.05) is 24.7 Å². The van der Waals surface area contributed by atoms with Gasteiger partial charge in [-0.05, 0) is 65.0 Å². The molecule has 2 aromatic rings. The first kappa shape index (κ1) is 14.7. The minimum Gasteiger partial charge on any atom is -0.310 e. The average molecular weight is 346 g/mol. The van der Waals surface area contributed by atoms with Gasteiger partial charge in [0.15, 0.2) is 0 Å². The van der Waals surface area contributed by atoms with Crippen molar-refractivity contribution in [3.05, 3.63) is 58.1 Å². The van der Waals surface area contributed by atoms with Crippen LogP contribution in [-0.4, -0.2) is 16.5 Å². The fraction of sp³-hybridized carbons (Fsp3) is 0.412. The molecule has 0 fully saturated rings. The number of nitrogens with one attached hydrogen (secondary N) is 1. The summed E-state index contributed by atoms with van der Waals surface area (Å²) in [7, 11) is 0. The Balaban J connectivity index is 1.99. The minimum atomic E-state index is 0.272. The van der Waals surface area contributed by atoms with Crippen LogP contribution < -0.4 is 5.32 Å². The molecule has 1 N–H and O–H groups in total. The van der Waals surface area contributed by atoms with Crippen molar-refractivity contribution in [3.8, 4) is 0 Å². The van der Waals surface area contributed by atoms with Gasteiger partial charge < -0.3 is 5.32 Å². The van der Waals surface area contributed by atoms with Gasteiger partial charge in [0.1, 0.15) is 0 Å². The number of halogens is 1. The number of fused-ring (bicyclic) bond motifs is 1. The van der Waals surface area contributed by atoms with Gasteiger partial charge >= 0.3 is 0 Å². The molecule has 2 unspecified atom stereocenters. The second-order valence-corrected chi connectivity index (χ2v) is 6.43. The van der Waals surface area contributed by atoms with Crippen molar-refractivity contribution in [1.82, 2.24) is 15.3 Å². The van der Waals surface area contributed by atoms with E-state index >= 15 is 0 Å². The largest absolute Gasteiger partial charge is 0.310 e. The predicted octanol–water partition coefficient (Wildman–Crippen LogP) is 4.01. The molecule has 2 aromatic heterocycles. The number of hydrogen-bond donors (Lipinski definition) is 1. The molecule has 0 aliphatic heterocycles. The first-order valence-corrected chi connectivity index (χ1v) is 8.36. The van der Waals surface area contributed by atoms with Gasteiger partial charge in [-0.2, -0.15) is 0 Å². The van der Waals surface area contributed by atoms with Crippen LogP contribution in [0.25, 0.3) is 0 Å². The Morgan fingerprint density at radius 3 is 3.14 bits per heavy atom. The number of hydrogen-bond acceptors (Lipinski definition) is 3. The molecule has 1 aliphatic carbocycles. The van der Waals surface area contributed by atoms with Gasteiger partial charge in [0, 0.05) is 40.7 Å². The molecule has 110 valence electrons. The van der Waals surface area contributed by atoms with Crippen molar-refractivity contribution >= 4 is 15.9 Å². The molecule has 0 amide bonds. The Labute approximate surface area is 134 Å². The Morgan fingerprint density at radius 2 is 2.33 bits per heavy atom. The molecule has 0 bridgehead atoms. The van der Waals surface area contributed by atoms with Crippen molar-refractivity contribution in [2.24, 2.45) is 0 Å². The van der Waals surface area contributed by atoms with Crippen LogP contribution >= 0.6 is 15.9 Å². The smallest absolute Gasteiger partial charge is 0.0485 e. The Kier molecular flexibility index (Phi) is 4.66. The van der Waals surface area contributed by atoms with Crippen molar-refractivity contribution in [1.29, 1.82) is 0 Å². The molecule has 2 heterocycles. The number of aryl methyl sites for hydroxylation is 1. The zero-order chi connectivity index (χ0) is 14.7. The minimum absolute atomic E-state index is 0.272. The molecule has 0 radical (unpaired) electrons. The van der Waals surface area contributed by atoms with Crippen LogP contribution in [0.4, 0.5) is 0 Å². The van der Waals surface area contributed by atoms with Crippen LogP contribution in [0.3, 0.4) is 0 Å². The second kappa shape index (κ2) is 6.67. The number of nitrogens with zero attached hydrogens (tertiary/aromatic N) is 2. The van der Waals surface area contributed by atoms with Crippen LogP contribution in [0.15, 0.2) is 41.3 Å². The highest BCUT2D eigenvalue weighted by Crippen LogP contribution is 2.39. The van der Waals surface area contributed by atoms with Gasteiger partial charge in [-0.15, -0.1) is 0 Å². The highest BCUT2D eigenvalue weighted by atomic mass is 79.9. The Bertz CT molecular complexity index is 614. The van der Waals surface area contributed by atoms with Crippen LogP contribution in [0, 0.1) is 0 Å². The first-order valence-electron chi connectivity index (χ1n) is 7.57. The standard InChI is InChI=1S/C17H20BrN3/c1-2-20-17(13-9-14(18)11-19-10-13)15-7-3-5-12-6-4-8-21-16(12)15/h4,6,8-11,15,17,20H,2-3,5,7H2,1H3. The van der Waals surface area contributed by atoms with Crippen LogP contribution in [0.5, 0.6) is 0 Å². The van der Waals surface area contributed by atoms with E-state index in [0.29, 0.717) is 5.92 Å². The van der Waals surface area contributed by atoms with Crippen LogP contribution in [0.1, 0.15) is 48.5 Å². The third-order valence-corrected chi connectivity index (χ3v) is 4.58. The lowest BCUT2D eigenvalue weighted by atomic mass is 9.80. The molecule has 1 aliphatic rings. The summed E-state index contributed by atoms with van der Waals surface area (Å²) in [4.78, 5) is 9.01. The summed E-state index contributed by atoms with van der Waals surface area (Å²) >= 11 is 3.53. The van der Waals surface area contributed by atoms with E-state index in [1.54, 1.807) is 0 Å². The molecule has 3 nitrogen and oxygen atoms in total. The molecule has 0 saturated heterocycles. The molecule has 0 saturated carbocycles. The summed E-state index contributed by atoms with van der Waals surface area (Å²) in [6, 6.07) is 6.70. The van der Waals surface area contributed by atoms with Crippen LogP contribution in [-0.2, 0) is 6.42 Å². The summed E-state index contributed by atoms with van der Waals surface area (Å²) in [6.07, 6.45) is 9.27. The van der Waals surface area contributed by atoms with Gasteiger partial charge in [0.25, 0.3) is 0 Å². The van der Waals surface area contributed by atoms with Crippen molar-refractivity contribution in [2.45, 2.75) is 38.1 Å². The number of pyridine rings is 2. The Hall–Kier alpha value is -1.26. The third kappa shape index (κ3) is 3.16. The van der Waals surface area contributed by atoms with E-state index in [1.165, 1.54) is 29.7 Å². The molecule has 3 rings (SSSR count). The maximum atomic E-state index is 4.68. The lowest BCUT2D eigenvalue weighted by Crippen LogP contribution is -2.30. The fourth-order valence-corrected chi connectivity index (χ4v) is 3.66. The van der Waals surface area contributed by atoms with Gasteiger partial charge in [-0.25, -0.2) is 0 Å². The van der Waals surface area contributed by atoms with E-state index in [4.69, 9.17) is 0 Å². The molecular weight excluding hydrogens is 326 g/mol. The van der Waals surface area contributed by atoms with Gasteiger partial charge in [-0.1, -0.05) is 13.0 Å². The third-order valence-electron chi connectivity index (χ3n) is 4.15. The number of aromatic nitrogens is 2. The summed E-state index contributed by atoms with van der Waals surface area (Å²) in [5.41, 5.74) is 3.89. The van der Waals surface area contributed by atoms with E-state index in [2.05, 4.69) is 50.3 Å². The predicted molar refractivity (Wildman–Crippen MR) is 88.3 cm³/mol. The fourth-order valence-electron chi connectivity index (χ4n) is 3.28. The van der Waals surface area contributed by atoms with Gasteiger partial charge in [0.2, 0.25) is 0 Å². The van der Waals surface area contributed by atoms with Gasteiger partial charge in [-0.3, -0.25) is 9.97 Å². The normalized spacial score (nSPS) is 19.0. The lowest BCUT2D eigenvalue weighted by molar-refractivity contribution is 0.400. The summed E-state index contributed by atoms with van der Waals surface area (Å²) < 4.78 is 1.03. The topological polar surface area (TPSA) is 37.8 Å². The molecule has 0 aromatic carbocycles. The quantitative estimate of drug-likeness (QED) is 0.909. The molecular formula is C17H20BrN3. The highest BCUT2D eigenvalue weighted by molar-refractivity contribution is 9.10. The summed E-state index contributed by atoms with van der Waals surface area (Å²) in [6.45, 7) is 3.09. The first-order chi connectivity index (χ1) is 10.3. The summed E-state index contributed by atoms with van der Waals surface area (Å²) in [5.74, 6) is 0.422. The number of rotatable bonds is 4. The SMILES string of the molecule is CCNC(c1cncc(Br)c1)C1CCCc2cccnc21. The van der Waals surface area contributed by atoms with Crippen molar-refractivity contribution < 1.29 is 0 Å². The van der Waals surface area contributed by atoms with Crippen molar-refractivity contribution in [3.63, 3.8) is 0 Å². The molecule has 4 heteroatoms.